The van der Waals surface area contributed by atoms with Crippen LogP contribution in [0.2, 0.25) is 25.7 Å². The average molecular weight is 692 g/mol. The van der Waals surface area contributed by atoms with E-state index in [2.05, 4.69) is 67.4 Å². The summed E-state index contributed by atoms with van der Waals surface area (Å²) < 4.78 is 8.25. The molecule has 1 saturated heterocycles. The molecule has 2 aliphatic heterocycles. The smallest absolute Gasteiger partial charge is 0.260 e. The topological polar surface area (TPSA) is 49.9 Å². The molecule has 1 fully saturated rings. The third-order valence-electron chi connectivity index (χ3n) is 6.04. The molecule has 2 aromatic carbocycles. The molecule has 2 amide bonds. The molecule has 1 unspecified atom stereocenters. The Morgan fingerprint density at radius 1 is 1.15 bits per heavy atom. The molecule has 2 aliphatic rings. The second-order valence-corrected chi connectivity index (χ2v) is 18.1. The van der Waals surface area contributed by atoms with Crippen molar-refractivity contribution in [2.75, 3.05) is 18.2 Å². The fraction of sp³-hybridized carbons (Fsp3) is 0.333. The highest BCUT2D eigenvalue weighted by Gasteiger charge is 2.64. The van der Waals surface area contributed by atoms with Gasteiger partial charge in [-0.1, -0.05) is 61.6 Å². The Morgan fingerprint density at radius 2 is 1.82 bits per heavy atom. The molecule has 5 nitrogen and oxygen atoms in total. The average Bonchev–Trinajstić information content (AvgIpc) is 3.02. The van der Waals surface area contributed by atoms with E-state index in [1.54, 1.807) is 11.1 Å². The number of hydrogen-bond donors (Lipinski definition) is 0. The lowest BCUT2D eigenvalue weighted by atomic mass is 9.78. The minimum absolute atomic E-state index is 0.0619. The van der Waals surface area contributed by atoms with Gasteiger partial charge in [0.15, 0.2) is 5.54 Å². The number of amides is 2. The number of likely N-dealkylation sites (tertiary alicyclic amines) is 1. The van der Waals surface area contributed by atoms with Crippen molar-refractivity contribution in [2.45, 2.75) is 37.6 Å². The first kappa shape index (κ1) is 26.1. The molecule has 2 heterocycles. The highest BCUT2D eigenvalue weighted by Crippen LogP contribution is 2.57. The van der Waals surface area contributed by atoms with Gasteiger partial charge in [0.05, 0.1) is 17.1 Å². The van der Waals surface area contributed by atoms with Gasteiger partial charge in [0, 0.05) is 39.9 Å². The van der Waals surface area contributed by atoms with Crippen molar-refractivity contribution < 1.29 is 14.3 Å². The van der Waals surface area contributed by atoms with E-state index in [9.17, 15) is 9.59 Å². The SMILES string of the molecule is C[Si](C)(C)CCOCN1C(=O)C2(CC(=O)N2/C=C(/Cl)c2ccccc2)c2c1cc(Br)c(Br)c2Br. The van der Waals surface area contributed by atoms with Crippen LogP contribution in [0.25, 0.3) is 5.03 Å². The fourth-order valence-corrected chi connectivity index (χ4v) is 6.88. The predicted molar refractivity (Wildman–Crippen MR) is 149 cm³/mol. The van der Waals surface area contributed by atoms with E-state index in [4.69, 9.17) is 16.3 Å². The number of carbonyl (C=O) groups is 2. The molecule has 10 heteroatoms. The molecular formula is C24H24Br3ClN2O3Si. The van der Waals surface area contributed by atoms with Crippen molar-refractivity contribution in [3.05, 3.63) is 67.1 Å². The third-order valence-corrected chi connectivity index (χ3v) is 11.4. The lowest BCUT2D eigenvalue weighted by Crippen LogP contribution is -2.63. The molecule has 34 heavy (non-hydrogen) atoms. The van der Waals surface area contributed by atoms with E-state index < -0.39 is 13.6 Å². The maximum atomic E-state index is 13.9. The maximum Gasteiger partial charge on any atom is 0.260 e. The van der Waals surface area contributed by atoms with Crippen molar-refractivity contribution in [1.29, 1.82) is 0 Å². The number of hydrogen-bond acceptors (Lipinski definition) is 3. The van der Waals surface area contributed by atoms with Gasteiger partial charge in [0.2, 0.25) is 5.91 Å². The van der Waals surface area contributed by atoms with Crippen molar-refractivity contribution in [1.82, 2.24) is 4.90 Å². The lowest BCUT2D eigenvalue weighted by molar-refractivity contribution is -0.159. The Hall–Kier alpha value is -0.973. The summed E-state index contributed by atoms with van der Waals surface area (Å²) in [5, 5.41) is 0.388. The van der Waals surface area contributed by atoms with Gasteiger partial charge >= 0.3 is 0 Å². The van der Waals surface area contributed by atoms with Crippen LogP contribution in [0.5, 0.6) is 0 Å². The molecule has 0 radical (unpaired) electrons. The number of fused-ring (bicyclic) bond motifs is 2. The standard InChI is InChI=1S/C24H24Br3ClN2O3Si/c1-34(2,3)10-9-33-14-29-18-11-16(25)21(26)22(27)20(18)24(23(29)32)12-19(31)30(24)13-17(28)15-7-5-4-6-8-15/h4-8,11,13H,9-10,12,14H2,1-3H3/b17-13+. The molecule has 0 saturated carbocycles. The fourth-order valence-electron chi connectivity index (χ4n) is 4.16. The molecule has 0 N–H and O–H groups in total. The van der Waals surface area contributed by atoms with Gasteiger partial charge in [-0.15, -0.1) is 0 Å². The van der Waals surface area contributed by atoms with E-state index in [1.807, 2.05) is 36.4 Å². The predicted octanol–water partition coefficient (Wildman–Crippen LogP) is 7.30. The van der Waals surface area contributed by atoms with E-state index in [0.717, 1.165) is 30.6 Å². The van der Waals surface area contributed by atoms with Gasteiger partial charge in [0.25, 0.3) is 5.91 Å². The van der Waals surface area contributed by atoms with Crippen molar-refractivity contribution in [3.8, 4) is 0 Å². The largest absolute Gasteiger partial charge is 0.361 e. The van der Waals surface area contributed by atoms with Crippen molar-refractivity contribution in [2.24, 2.45) is 0 Å². The number of β-lactam (4-membered cyclic amide) rings is 1. The Kier molecular flexibility index (Phi) is 7.54. The first-order valence-corrected chi connectivity index (χ1v) is 17.3. The van der Waals surface area contributed by atoms with Gasteiger partial charge in [-0.2, -0.15) is 0 Å². The van der Waals surface area contributed by atoms with Crippen LogP contribution in [0.3, 0.4) is 0 Å². The molecule has 0 bridgehead atoms. The molecule has 180 valence electrons. The van der Waals surface area contributed by atoms with E-state index >= 15 is 0 Å². The van der Waals surface area contributed by atoms with E-state index in [1.165, 1.54) is 4.90 Å². The number of benzene rings is 2. The number of rotatable bonds is 7. The van der Waals surface area contributed by atoms with Gasteiger partial charge in [0.1, 0.15) is 6.73 Å². The monoisotopic (exact) mass is 688 g/mol. The van der Waals surface area contributed by atoms with Gasteiger partial charge in [-0.05, 0) is 65.5 Å². The van der Waals surface area contributed by atoms with Crippen LogP contribution in [0.1, 0.15) is 17.5 Å². The van der Waals surface area contributed by atoms with Crippen LogP contribution in [0, 0.1) is 0 Å². The van der Waals surface area contributed by atoms with Gasteiger partial charge in [-0.3, -0.25) is 19.4 Å². The second-order valence-electron chi connectivity index (χ2n) is 9.61. The zero-order valence-corrected chi connectivity index (χ0v) is 25.5. The summed E-state index contributed by atoms with van der Waals surface area (Å²) in [5.41, 5.74) is 1.04. The molecule has 1 spiro atoms. The third kappa shape index (κ3) is 4.59. The quantitative estimate of drug-likeness (QED) is 0.133. The summed E-state index contributed by atoms with van der Waals surface area (Å²) in [6.07, 6.45) is 1.63. The van der Waals surface area contributed by atoms with Crippen molar-refractivity contribution in [3.63, 3.8) is 0 Å². The first-order chi connectivity index (χ1) is 16.0. The molecular weight excluding hydrogens is 668 g/mol. The van der Waals surface area contributed by atoms with Gasteiger partial charge in [-0.25, -0.2) is 0 Å². The summed E-state index contributed by atoms with van der Waals surface area (Å²) in [4.78, 5) is 29.9. The Morgan fingerprint density at radius 3 is 2.44 bits per heavy atom. The van der Waals surface area contributed by atoms with Crippen LogP contribution in [-0.2, 0) is 19.9 Å². The number of carbonyl (C=O) groups excluding carboxylic acids is 2. The maximum absolute atomic E-state index is 13.9. The molecule has 0 aliphatic carbocycles. The Balaban J connectivity index is 1.74. The van der Waals surface area contributed by atoms with Crippen LogP contribution in [-0.4, -0.2) is 38.1 Å². The summed E-state index contributed by atoms with van der Waals surface area (Å²) in [5.74, 6) is -0.365. The lowest BCUT2D eigenvalue weighted by Gasteiger charge is -2.47. The molecule has 1 atom stereocenters. The normalized spacial score (nSPS) is 20.3. The summed E-state index contributed by atoms with van der Waals surface area (Å²) in [6.45, 7) is 7.57. The first-order valence-electron chi connectivity index (χ1n) is 10.8. The Bertz CT molecular complexity index is 1190. The number of ether oxygens (including phenoxy) is 1. The summed E-state index contributed by atoms with van der Waals surface area (Å²) in [7, 11) is -1.27. The highest BCUT2D eigenvalue weighted by molar-refractivity contribution is 9.14. The minimum atomic E-state index is -1.27. The van der Waals surface area contributed by atoms with Crippen LogP contribution in [0.15, 0.2) is 56.0 Å². The second kappa shape index (κ2) is 9.82. The van der Waals surface area contributed by atoms with E-state index in [0.29, 0.717) is 17.3 Å². The van der Waals surface area contributed by atoms with Crippen LogP contribution in [0.4, 0.5) is 5.69 Å². The summed E-state index contributed by atoms with van der Waals surface area (Å²) >= 11 is 17.4. The molecule has 2 aromatic rings. The molecule has 0 aromatic heterocycles. The number of halogens is 4. The Labute approximate surface area is 230 Å². The van der Waals surface area contributed by atoms with E-state index in [-0.39, 0.29) is 25.0 Å². The van der Waals surface area contributed by atoms with Crippen LogP contribution >= 0.6 is 59.4 Å². The highest BCUT2D eigenvalue weighted by atomic mass is 79.9. The van der Waals surface area contributed by atoms with Crippen LogP contribution < -0.4 is 4.90 Å². The van der Waals surface area contributed by atoms with Crippen molar-refractivity contribution >= 4 is 90.0 Å². The zero-order chi connectivity index (χ0) is 24.8. The summed E-state index contributed by atoms with van der Waals surface area (Å²) in [6, 6.07) is 12.3. The number of nitrogens with zero attached hydrogens (tertiary/aromatic N) is 2. The molecule has 4 rings (SSSR count). The van der Waals surface area contributed by atoms with Gasteiger partial charge < -0.3 is 4.74 Å². The zero-order valence-electron chi connectivity index (χ0n) is 19.0. The minimum Gasteiger partial charge on any atom is -0.361 e. The number of anilines is 1.